The Morgan fingerprint density at radius 1 is 1.53 bits per heavy atom. The van der Waals surface area contributed by atoms with Crippen LogP contribution in [0.3, 0.4) is 0 Å². The van der Waals surface area contributed by atoms with Gasteiger partial charge in [-0.15, -0.1) is 0 Å². The van der Waals surface area contributed by atoms with Gasteiger partial charge in [-0.1, -0.05) is 25.4 Å². The van der Waals surface area contributed by atoms with E-state index < -0.39 is 12.0 Å². The van der Waals surface area contributed by atoms with Gasteiger partial charge in [-0.05, 0) is 24.1 Å². The first kappa shape index (κ1) is 13.3. The summed E-state index contributed by atoms with van der Waals surface area (Å²) in [4.78, 5) is 11.1. The predicted molar refractivity (Wildman–Crippen MR) is 66.1 cm³/mol. The Morgan fingerprint density at radius 2 is 2.18 bits per heavy atom. The number of aliphatic carboxylic acids is 1. The van der Waals surface area contributed by atoms with Crippen LogP contribution in [0.1, 0.15) is 19.4 Å². The molecule has 0 aliphatic rings. The first-order chi connectivity index (χ1) is 7.95. The number of hydrogen-bond acceptors (Lipinski definition) is 3. The number of halogens is 1. The summed E-state index contributed by atoms with van der Waals surface area (Å²) in [6.07, 6.45) is 0. The van der Waals surface area contributed by atoms with Crippen LogP contribution in [0, 0.1) is 17.2 Å². The van der Waals surface area contributed by atoms with E-state index in [0.717, 1.165) is 0 Å². The molecule has 0 aromatic heterocycles. The third-order valence-corrected chi connectivity index (χ3v) is 2.58. The van der Waals surface area contributed by atoms with Gasteiger partial charge in [-0.2, -0.15) is 5.26 Å². The molecule has 0 spiro atoms. The summed E-state index contributed by atoms with van der Waals surface area (Å²) in [6, 6.07) is 5.95. The molecule has 17 heavy (non-hydrogen) atoms. The van der Waals surface area contributed by atoms with Crippen LogP contribution in [0.15, 0.2) is 18.2 Å². The van der Waals surface area contributed by atoms with Crippen LogP contribution >= 0.6 is 11.6 Å². The SMILES string of the molecule is CC(C)C(Nc1cc(Cl)ccc1C#N)C(=O)O. The summed E-state index contributed by atoms with van der Waals surface area (Å²) >= 11 is 5.82. The van der Waals surface area contributed by atoms with Crippen molar-refractivity contribution >= 4 is 23.3 Å². The smallest absolute Gasteiger partial charge is 0.326 e. The lowest BCUT2D eigenvalue weighted by molar-refractivity contribution is -0.138. The summed E-state index contributed by atoms with van der Waals surface area (Å²) in [7, 11) is 0. The van der Waals surface area contributed by atoms with E-state index in [2.05, 4.69) is 5.32 Å². The Balaban J connectivity index is 3.05. The minimum Gasteiger partial charge on any atom is -0.480 e. The van der Waals surface area contributed by atoms with Crippen molar-refractivity contribution in [2.75, 3.05) is 5.32 Å². The molecule has 1 rings (SSSR count). The molecule has 5 heteroatoms. The largest absolute Gasteiger partial charge is 0.480 e. The van der Waals surface area contributed by atoms with Crippen molar-refractivity contribution in [2.45, 2.75) is 19.9 Å². The van der Waals surface area contributed by atoms with E-state index in [-0.39, 0.29) is 5.92 Å². The van der Waals surface area contributed by atoms with E-state index in [9.17, 15) is 4.79 Å². The van der Waals surface area contributed by atoms with Crippen LogP contribution < -0.4 is 5.32 Å². The molecule has 0 amide bonds. The monoisotopic (exact) mass is 252 g/mol. The fraction of sp³-hybridized carbons (Fsp3) is 0.333. The van der Waals surface area contributed by atoms with Gasteiger partial charge < -0.3 is 10.4 Å². The summed E-state index contributed by atoms with van der Waals surface area (Å²) in [6.45, 7) is 3.59. The number of carboxylic acids is 1. The maximum atomic E-state index is 11.1. The van der Waals surface area contributed by atoms with Gasteiger partial charge in [0.25, 0.3) is 0 Å². The fourth-order valence-corrected chi connectivity index (χ4v) is 1.59. The number of nitriles is 1. The summed E-state index contributed by atoms with van der Waals surface area (Å²) in [5.41, 5.74) is 0.822. The second kappa shape index (κ2) is 5.55. The Morgan fingerprint density at radius 3 is 2.65 bits per heavy atom. The highest BCUT2D eigenvalue weighted by atomic mass is 35.5. The molecule has 4 nitrogen and oxygen atoms in total. The fourth-order valence-electron chi connectivity index (χ4n) is 1.41. The zero-order valence-corrected chi connectivity index (χ0v) is 10.3. The number of nitrogens with zero attached hydrogens (tertiary/aromatic N) is 1. The Kier molecular flexibility index (Phi) is 4.36. The van der Waals surface area contributed by atoms with Crippen LogP contribution in [0.2, 0.25) is 5.02 Å². The molecule has 0 fully saturated rings. The Labute approximate surface area is 105 Å². The van der Waals surface area contributed by atoms with Gasteiger partial charge in [-0.3, -0.25) is 0 Å². The zero-order chi connectivity index (χ0) is 13.0. The molecule has 0 aliphatic heterocycles. The minimum atomic E-state index is -0.955. The second-order valence-electron chi connectivity index (χ2n) is 4.01. The van der Waals surface area contributed by atoms with Crippen LogP contribution in [-0.4, -0.2) is 17.1 Å². The van der Waals surface area contributed by atoms with Crippen molar-refractivity contribution in [3.63, 3.8) is 0 Å². The highest BCUT2D eigenvalue weighted by Gasteiger charge is 2.22. The van der Waals surface area contributed by atoms with Gasteiger partial charge in [-0.25, -0.2) is 4.79 Å². The zero-order valence-electron chi connectivity index (χ0n) is 9.57. The van der Waals surface area contributed by atoms with Gasteiger partial charge in [0.15, 0.2) is 0 Å². The number of nitrogens with one attached hydrogen (secondary N) is 1. The molecular weight excluding hydrogens is 240 g/mol. The lowest BCUT2D eigenvalue weighted by atomic mass is 10.0. The normalized spacial score (nSPS) is 11.9. The molecule has 0 saturated heterocycles. The summed E-state index contributed by atoms with van der Waals surface area (Å²) in [5.74, 6) is -1.05. The number of benzene rings is 1. The molecule has 1 aromatic carbocycles. The standard InChI is InChI=1S/C12H13ClN2O2/c1-7(2)11(12(16)17)15-10-5-9(13)4-3-8(10)6-14/h3-5,7,11,15H,1-2H3,(H,16,17). The number of rotatable bonds is 4. The van der Waals surface area contributed by atoms with E-state index in [1.807, 2.05) is 6.07 Å². The van der Waals surface area contributed by atoms with Gasteiger partial charge in [0.05, 0.1) is 11.3 Å². The number of carboxylic acid groups (broad SMARTS) is 1. The first-order valence-corrected chi connectivity index (χ1v) is 5.52. The number of hydrogen-bond donors (Lipinski definition) is 2. The van der Waals surface area contributed by atoms with Crippen LogP contribution in [0.5, 0.6) is 0 Å². The molecule has 0 aliphatic carbocycles. The molecular formula is C12H13ClN2O2. The molecule has 0 radical (unpaired) electrons. The van der Waals surface area contributed by atoms with Crippen molar-refractivity contribution in [1.29, 1.82) is 5.26 Å². The van der Waals surface area contributed by atoms with Crippen LogP contribution in [-0.2, 0) is 4.79 Å². The third kappa shape index (κ3) is 3.36. The topological polar surface area (TPSA) is 73.1 Å². The second-order valence-corrected chi connectivity index (χ2v) is 4.44. The average Bonchev–Trinajstić information content (AvgIpc) is 2.25. The van der Waals surface area contributed by atoms with E-state index in [1.54, 1.807) is 32.0 Å². The quantitative estimate of drug-likeness (QED) is 0.864. The highest BCUT2D eigenvalue weighted by molar-refractivity contribution is 6.30. The lowest BCUT2D eigenvalue weighted by Gasteiger charge is -2.19. The molecule has 1 unspecified atom stereocenters. The van der Waals surface area contributed by atoms with Crippen molar-refractivity contribution in [3.05, 3.63) is 28.8 Å². The molecule has 0 heterocycles. The van der Waals surface area contributed by atoms with Crippen molar-refractivity contribution in [2.24, 2.45) is 5.92 Å². The number of anilines is 1. The lowest BCUT2D eigenvalue weighted by Crippen LogP contribution is -2.34. The van der Waals surface area contributed by atoms with Gasteiger partial charge in [0.1, 0.15) is 12.1 Å². The van der Waals surface area contributed by atoms with Crippen molar-refractivity contribution in [1.82, 2.24) is 0 Å². The average molecular weight is 253 g/mol. The van der Waals surface area contributed by atoms with Crippen LogP contribution in [0.4, 0.5) is 5.69 Å². The van der Waals surface area contributed by atoms with Gasteiger partial charge in [0, 0.05) is 5.02 Å². The van der Waals surface area contributed by atoms with Gasteiger partial charge in [0.2, 0.25) is 0 Å². The van der Waals surface area contributed by atoms with Gasteiger partial charge >= 0.3 is 5.97 Å². The molecule has 90 valence electrons. The molecule has 1 aromatic rings. The maximum absolute atomic E-state index is 11.1. The number of carbonyl (C=O) groups is 1. The Bertz CT molecular complexity index is 466. The predicted octanol–water partition coefficient (Wildman–Crippen LogP) is 2.73. The Hall–Kier alpha value is -1.73. The van der Waals surface area contributed by atoms with E-state index in [1.165, 1.54) is 0 Å². The molecule has 2 N–H and O–H groups in total. The molecule has 1 atom stereocenters. The molecule has 0 saturated carbocycles. The van der Waals surface area contributed by atoms with E-state index in [4.69, 9.17) is 22.0 Å². The summed E-state index contributed by atoms with van der Waals surface area (Å²) < 4.78 is 0. The third-order valence-electron chi connectivity index (χ3n) is 2.35. The van der Waals surface area contributed by atoms with E-state index >= 15 is 0 Å². The maximum Gasteiger partial charge on any atom is 0.326 e. The first-order valence-electron chi connectivity index (χ1n) is 5.14. The summed E-state index contributed by atoms with van der Waals surface area (Å²) in [5, 5.41) is 21.3. The minimum absolute atomic E-state index is 0.0991. The highest BCUT2D eigenvalue weighted by Crippen LogP contribution is 2.22. The molecule has 0 bridgehead atoms. The van der Waals surface area contributed by atoms with Crippen molar-refractivity contribution in [3.8, 4) is 6.07 Å². The van der Waals surface area contributed by atoms with Crippen LogP contribution in [0.25, 0.3) is 0 Å². The van der Waals surface area contributed by atoms with Crippen molar-refractivity contribution < 1.29 is 9.90 Å². The van der Waals surface area contributed by atoms with E-state index in [0.29, 0.717) is 16.3 Å².